The van der Waals surface area contributed by atoms with E-state index < -0.39 is 0 Å². The summed E-state index contributed by atoms with van der Waals surface area (Å²) in [7, 11) is 2.25. The van der Waals surface area contributed by atoms with Gasteiger partial charge in [-0.2, -0.15) is 0 Å². The third kappa shape index (κ3) is 1.62. The van der Waals surface area contributed by atoms with E-state index >= 15 is 0 Å². The fourth-order valence-corrected chi connectivity index (χ4v) is 2.60. The van der Waals surface area contributed by atoms with E-state index in [1.165, 1.54) is 25.7 Å². The van der Waals surface area contributed by atoms with Gasteiger partial charge in [-0.1, -0.05) is 13.8 Å². The van der Waals surface area contributed by atoms with Gasteiger partial charge < -0.3 is 5.73 Å². The summed E-state index contributed by atoms with van der Waals surface area (Å²) in [6.07, 6.45) is 5.36. The maximum atomic E-state index is 6.28. The van der Waals surface area contributed by atoms with Gasteiger partial charge in [0.1, 0.15) is 0 Å². The van der Waals surface area contributed by atoms with Crippen LogP contribution >= 0.6 is 0 Å². The van der Waals surface area contributed by atoms with Gasteiger partial charge in [0.05, 0.1) is 0 Å². The van der Waals surface area contributed by atoms with Crippen molar-refractivity contribution in [1.29, 1.82) is 0 Å². The largest absolute Gasteiger partial charge is 0.326 e. The fraction of sp³-hybridized carbons (Fsp3) is 1.00. The van der Waals surface area contributed by atoms with Crippen LogP contribution in [-0.2, 0) is 0 Å². The summed E-state index contributed by atoms with van der Waals surface area (Å²) in [5.74, 6) is 0. The van der Waals surface area contributed by atoms with Crippen LogP contribution in [0.5, 0.6) is 0 Å². The van der Waals surface area contributed by atoms with E-state index in [0.717, 1.165) is 6.04 Å². The van der Waals surface area contributed by atoms with Crippen molar-refractivity contribution in [2.75, 3.05) is 7.05 Å². The van der Waals surface area contributed by atoms with Gasteiger partial charge in [-0.05, 0) is 38.1 Å². The summed E-state index contributed by atoms with van der Waals surface area (Å²) in [5.41, 5.74) is 6.64. The Labute approximate surface area is 81.5 Å². The predicted octanol–water partition coefficient (Wildman–Crippen LogP) is 1.60. The Morgan fingerprint density at radius 2 is 1.85 bits per heavy atom. The third-order valence-electron chi connectivity index (χ3n) is 4.05. The molecule has 2 N–H and O–H groups in total. The van der Waals surface area contributed by atoms with E-state index in [4.69, 9.17) is 5.73 Å². The molecule has 2 unspecified atom stereocenters. The maximum Gasteiger partial charge on any atom is 0.0252 e. The van der Waals surface area contributed by atoms with E-state index in [-0.39, 0.29) is 0 Å². The molecule has 0 saturated heterocycles. The molecule has 2 atom stereocenters. The van der Waals surface area contributed by atoms with Crippen LogP contribution in [0.15, 0.2) is 0 Å². The second-order valence-corrected chi connectivity index (χ2v) is 5.52. The van der Waals surface area contributed by atoms with Crippen molar-refractivity contribution in [2.45, 2.75) is 57.7 Å². The van der Waals surface area contributed by atoms with Crippen LogP contribution in [0.1, 0.15) is 39.5 Å². The topological polar surface area (TPSA) is 29.3 Å². The lowest BCUT2D eigenvalue weighted by molar-refractivity contribution is 0.190. The zero-order chi connectivity index (χ0) is 9.64. The minimum Gasteiger partial charge on any atom is -0.326 e. The molecule has 2 saturated carbocycles. The van der Waals surface area contributed by atoms with Crippen molar-refractivity contribution >= 4 is 0 Å². The molecule has 2 aliphatic carbocycles. The molecule has 0 aliphatic heterocycles. The molecule has 2 fully saturated rings. The van der Waals surface area contributed by atoms with Gasteiger partial charge in [0.15, 0.2) is 0 Å². The zero-order valence-corrected chi connectivity index (χ0v) is 9.09. The molecule has 2 nitrogen and oxygen atoms in total. The number of nitrogens with zero attached hydrogens (tertiary/aromatic N) is 1. The molecule has 76 valence electrons. The first-order chi connectivity index (χ1) is 6.02. The Balaban J connectivity index is 2.01. The SMILES string of the molecule is CN(C1CC1)C1CCC(C)(C)C1N. The van der Waals surface area contributed by atoms with E-state index in [1.807, 2.05) is 0 Å². The molecule has 0 spiro atoms. The number of rotatable bonds is 2. The first-order valence-electron chi connectivity index (χ1n) is 5.50. The number of likely N-dealkylation sites (N-methyl/N-ethyl adjacent to an activating group) is 1. The van der Waals surface area contributed by atoms with Crippen molar-refractivity contribution in [3.63, 3.8) is 0 Å². The van der Waals surface area contributed by atoms with Crippen LogP contribution in [0.3, 0.4) is 0 Å². The molecule has 0 radical (unpaired) electrons. The Morgan fingerprint density at radius 1 is 1.23 bits per heavy atom. The lowest BCUT2D eigenvalue weighted by Gasteiger charge is -2.32. The predicted molar refractivity (Wildman–Crippen MR) is 55.6 cm³/mol. The van der Waals surface area contributed by atoms with Crippen molar-refractivity contribution < 1.29 is 0 Å². The first kappa shape index (κ1) is 9.47. The molecule has 0 aromatic rings. The fourth-order valence-electron chi connectivity index (χ4n) is 2.60. The summed E-state index contributed by atoms with van der Waals surface area (Å²) >= 11 is 0. The molecule has 0 heterocycles. The lowest BCUT2D eigenvalue weighted by atomic mass is 9.87. The third-order valence-corrected chi connectivity index (χ3v) is 4.05. The summed E-state index contributed by atoms with van der Waals surface area (Å²) < 4.78 is 0. The molecule has 0 aromatic carbocycles. The lowest BCUT2D eigenvalue weighted by Crippen LogP contribution is -2.48. The van der Waals surface area contributed by atoms with Gasteiger partial charge in [-0.3, -0.25) is 4.90 Å². The van der Waals surface area contributed by atoms with Gasteiger partial charge >= 0.3 is 0 Å². The number of hydrogen-bond acceptors (Lipinski definition) is 2. The highest BCUT2D eigenvalue weighted by atomic mass is 15.2. The van der Waals surface area contributed by atoms with Crippen molar-refractivity contribution in [3.8, 4) is 0 Å². The second-order valence-electron chi connectivity index (χ2n) is 5.52. The summed E-state index contributed by atoms with van der Waals surface area (Å²) in [6, 6.07) is 1.87. The summed E-state index contributed by atoms with van der Waals surface area (Å²) in [5, 5.41) is 0. The van der Waals surface area contributed by atoms with Crippen LogP contribution < -0.4 is 5.73 Å². The van der Waals surface area contributed by atoms with E-state index in [2.05, 4.69) is 25.8 Å². The Hall–Kier alpha value is -0.0800. The van der Waals surface area contributed by atoms with E-state index in [0.29, 0.717) is 17.5 Å². The molecule has 2 heteroatoms. The maximum absolute atomic E-state index is 6.28. The molecule has 0 aromatic heterocycles. The first-order valence-corrected chi connectivity index (χ1v) is 5.50. The standard InChI is InChI=1S/C11H22N2/c1-11(2)7-6-9(10(11)12)13(3)8-4-5-8/h8-10H,4-7,12H2,1-3H3. The van der Waals surface area contributed by atoms with Crippen LogP contribution in [0.25, 0.3) is 0 Å². The van der Waals surface area contributed by atoms with Crippen LogP contribution in [0, 0.1) is 5.41 Å². The minimum absolute atomic E-state index is 0.355. The van der Waals surface area contributed by atoms with Crippen LogP contribution in [0.2, 0.25) is 0 Å². The second kappa shape index (κ2) is 2.96. The van der Waals surface area contributed by atoms with E-state index in [9.17, 15) is 0 Å². The normalized spacial score (nSPS) is 38.5. The summed E-state index contributed by atoms with van der Waals surface area (Å²) in [6.45, 7) is 4.61. The average Bonchev–Trinajstić information content (AvgIpc) is 2.82. The highest BCUT2D eigenvalue weighted by Crippen LogP contribution is 2.41. The monoisotopic (exact) mass is 182 g/mol. The Morgan fingerprint density at radius 3 is 2.23 bits per heavy atom. The van der Waals surface area contributed by atoms with Crippen LogP contribution in [0.4, 0.5) is 0 Å². The Bertz CT molecular complexity index is 196. The molecular weight excluding hydrogens is 160 g/mol. The molecular formula is C11H22N2. The van der Waals surface area contributed by atoms with Crippen molar-refractivity contribution in [3.05, 3.63) is 0 Å². The molecule has 2 aliphatic rings. The molecule has 13 heavy (non-hydrogen) atoms. The zero-order valence-electron chi connectivity index (χ0n) is 9.09. The van der Waals surface area contributed by atoms with Crippen molar-refractivity contribution in [2.24, 2.45) is 11.1 Å². The quantitative estimate of drug-likeness (QED) is 0.703. The highest BCUT2D eigenvalue weighted by Gasteiger charge is 2.44. The molecule has 0 bridgehead atoms. The average molecular weight is 182 g/mol. The Kier molecular flexibility index (Phi) is 2.16. The number of hydrogen-bond donors (Lipinski definition) is 1. The van der Waals surface area contributed by atoms with Gasteiger partial charge in [0.2, 0.25) is 0 Å². The van der Waals surface area contributed by atoms with E-state index in [1.54, 1.807) is 0 Å². The van der Waals surface area contributed by atoms with Gasteiger partial charge in [0, 0.05) is 18.1 Å². The van der Waals surface area contributed by atoms with Gasteiger partial charge in [-0.15, -0.1) is 0 Å². The smallest absolute Gasteiger partial charge is 0.0252 e. The molecule has 0 amide bonds. The summed E-state index contributed by atoms with van der Waals surface area (Å²) in [4.78, 5) is 2.53. The highest BCUT2D eigenvalue weighted by molar-refractivity contribution is 5.01. The molecule has 2 rings (SSSR count). The van der Waals surface area contributed by atoms with Gasteiger partial charge in [0.25, 0.3) is 0 Å². The van der Waals surface area contributed by atoms with Crippen LogP contribution in [-0.4, -0.2) is 30.1 Å². The van der Waals surface area contributed by atoms with Crippen molar-refractivity contribution in [1.82, 2.24) is 4.90 Å². The van der Waals surface area contributed by atoms with Gasteiger partial charge in [-0.25, -0.2) is 0 Å². The number of nitrogens with two attached hydrogens (primary N) is 1. The minimum atomic E-state index is 0.355.